The molecule has 0 saturated carbocycles. The third kappa shape index (κ3) is 4.05. The van der Waals surface area contributed by atoms with Crippen LogP contribution in [0.4, 0.5) is 4.39 Å². The summed E-state index contributed by atoms with van der Waals surface area (Å²) < 4.78 is 14.2. The van der Waals surface area contributed by atoms with Crippen LogP contribution in [0, 0.1) is 18.7 Å². The van der Waals surface area contributed by atoms with Gasteiger partial charge in [0.05, 0.1) is 11.3 Å². The Morgan fingerprint density at radius 3 is 2.81 bits per heavy atom. The second-order valence-electron chi connectivity index (χ2n) is 5.37. The number of benzene rings is 1. The van der Waals surface area contributed by atoms with Gasteiger partial charge in [-0.15, -0.1) is 23.1 Å². The highest BCUT2D eigenvalue weighted by Crippen LogP contribution is 2.36. The minimum absolute atomic E-state index is 0.197. The quantitative estimate of drug-likeness (QED) is 0.778. The molecule has 2 aromatic rings. The van der Waals surface area contributed by atoms with Gasteiger partial charge in [-0.3, -0.25) is 0 Å². The molecule has 0 fully saturated rings. The summed E-state index contributed by atoms with van der Waals surface area (Å²) in [6.45, 7) is 8.13. The van der Waals surface area contributed by atoms with Crippen LogP contribution in [0.2, 0.25) is 0 Å². The minimum atomic E-state index is -0.197. The van der Waals surface area contributed by atoms with Gasteiger partial charge in [0.25, 0.3) is 0 Å². The smallest absolute Gasteiger partial charge is 0.134 e. The average Bonchev–Trinajstić information content (AvgIpc) is 2.79. The van der Waals surface area contributed by atoms with Gasteiger partial charge < -0.3 is 5.32 Å². The highest BCUT2D eigenvalue weighted by Gasteiger charge is 2.16. The Bertz CT molecular complexity index is 608. The third-order valence-corrected chi connectivity index (χ3v) is 5.09. The zero-order valence-electron chi connectivity index (χ0n) is 12.9. The number of nitrogens with one attached hydrogen (secondary N) is 1. The molecule has 0 atom stereocenters. The van der Waals surface area contributed by atoms with Crippen LogP contribution < -0.4 is 5.32 Å². The van der Waals surface area contributed by atoms with Crippen molar-refractivity contribution in [2.24, 2.45) is 5.92 Å². The van der Waals surface area contributed by atoms with Gasteiger partial charge >= 0.3 is 0 Å². The predicted octanol–water partition coefficient (Wildman–Crippen LogP) is 4.73. The molecule has 21 heavy (non-hydrogen) atoms. The van der Waals surface area contributed by atoms with E-state index in [0.717, 1.165) is 28.7 Å². The molecule has 114 valence electrons. The van der Waals surface area contributed by atoms with Gasteiger partial charge in [0.1, 0.15) is 10.8 Å². The Labute approximate surface area is 134 Å². The van der Waals surface area contributed by atoms with Crippen molar-refractivity contribution in [3.63, 3.8) is 0 Å². The number of thiazole rings is 1. The van der Waals surface area contributed by atoms with Gasteiger partial charge in [0.15, 0.2) is 0 Å². The lowest BCUT2D eigenvalue weighted by Crippen LogP contribution is -2.18. The molecule has 0 bridgehead atoms. The van der Waals surface area contributed by atoms with Gasteiger partial charge in [0, 0.05) is 16.3 Å². The lowest BCUT2D eigenvalue weighted by molar-refractivity contribution is 0.554. The number of hydrogen-bond acceptors (Lipinski definition) is 4. The number of rotatable bonds is 6. The molecule has 1 heterocycles. The summed E-state index contributed by atoms with van der Waals surface area (Å²) in [6.07, 6.45) is 1.96. The number of hydrogen-bond donors (Lipinski definition) is 1. The fourth-order valence-electron chi connectivity index (χ4n) is 2.06. The van der Waals surface area contributed by atoms with Gasteiger partial charge in [-0.2, -0.15) is 0 Å². The fraction of sp³-hybridized carbons (Fsp3) is 0.438. The Hall–Kier alpha value is -0.910. The number of halogens is 1. The van der Waals surface area contributed by atoms with E-state index >= 15 is 0 Å². The minimum Gasteiger partial charge on any atom is -0.312 e. The molecule has 0 saturated heterocycles. The molecule has 5 heteroatoms. The Balaban J connectivity index is 2.26. The van der Waals surface area contributed by atoms with E-state index in [1.165, 1.54) is 10.9 Å². The van der Waals surface area contributed by atoms with E-state index in [0.29, 0.717) is 11.5 Å². The first kappa shape index (κ1) is 16.5. The number of thioether (sulfide) groups is 1. The lowest BCUT2D eigenvalue weighted by atomic mass is 10.2. The van der Waals surface area contributed by atoms with Crippen molar-refractivity contribution in [3.8, 4) is 10.6 Å². The molecule has 0 aliphatic heterocycles. The molecule has 0 aliphatic carbocycles. The summed E-state index contributed by atoms with van der Waals surface area (Å²) in [5, 5.41) is 4.20. The molecular formula is C16H21FN2S2. The van der Waals surface area contributed by atoms with Gasteiger partial charge in [-0.05, 0) is 37.8 Å². The van der Waals surface area contributed by atoms with E-state index in [4.69, 9.17) is 0 Å². The van der Waals surface area contributed by atoms with Crippen LogP contribution in [-0.2, 0) is 6.54 Å². The van der Waals surface area contributed by atoms with Crippen LogP contribution in [0.3, 0.4) is 0 Å². The van der Waals surface area contributed by atoms with Crippen LogP contribution in [-0.4, -0.2) is 17.8 Å². The molecule has 0 aliphatic rings. The second-order valence-corrected chi connectivity index (χ2v) is 7.30. The molecule has 0 unspecified atom stereocenters. The van der Waals surface area contributed by atoms with Crippen molar-refractivity contribution in [3.05, 3.63) is 34.6 Å². The first-order valence-electron chi connectivity index (χ1n) is 7.02. The summed E-state index contributed by atoms with van der Waals surface area (Å²) in [5.41, 5.74) is 1.62. The molecule has 1 aromatic carbocycles. The maximum Gasteiger partial charge on any atom is 0.134 e. The number of aromatic nitrogens is 1. The standard InChI is InChI=1S/C16H21FN2S2/c1-10(2)8-18-9-14-11(3)19-16(21-14)15-12(17)6-5-7-13(15)20-4/h5-7,10,18H,8-9H2,1-4H3. The van der Waals surface area contributed by atoms with E-state index in [1.54, 1.807) is 29.2 Å². The number of aryl methyl sites for hydroxylation is 1. The molecular weight excluding hydrogens is 303 g/mol. The zero-order chi connectivity index (χ0) is 15.4. The summed E-state index contributed by atoms with van der Waals surface area (Å²) in [5.74, 6) is 0.421. The first-order valence-corrected chi connectivity index (χ1v) is 9.07. The second kappa shape index (κ2) is 7.38. The molecule has 2 nitrogen and oxygen atoms in total. The lowest BCUT2D eigenvalue weighted by Gasteiger charge is -2.06. The van der Waals surface area contributed by atoms with Crippen LogP contribution in [0.5, 0.6) is 0 Å². The number of nitrogens with zero attached hydrogens (tertiary/aromatic N) is 1. The molecule has 0 radical (unpaired) electrons. The van der Waals surface area contributed by atoms with E-state index < -0.39 is 0 Å². The van der Waals surface area contributed by atoms with Crippen molar-refractivity contribution >= 4 is 23.1 Å². The SMILES string of the molecule is CSc1cccc(F)c1-c1nc(C)c(CNCC(C)C)s1. The van der Waals surface area contributed by atoms with Crippen molar-refractivity contribution in [2.75, 3.05) is 12.8 Å². The maximum absolute atomic E-state index is 14.2. The van der Waals surface area contributed by atoms with E-state index in [1.807, 2.05) is 19.2 Å². The molecule has 0 amide bonds. The van der Waals surface area contributed by atoms with Crippen LogP contribution in [0.15, 0.2) is 23.1 Å². The van der Waals surface area contributed by atoms with Gasteiger partial charge in [0.2, 0.25) is 0 Å². The summed E-state index contributed by atoms with van der Waals surface area (Å²) >= 11 is 3.13. The van der Waals surface area contributed by atoms with E-state index in [2.05, 4.69) is 24.1 Å². The zero-order valence-corrected chi connectivity index (χ0v) is 14.5. The molecule has 0 spiro atoms. The average molecular weight is 324 g/mol. The van der Waals surface area contributed by atoms with Crippen molar-refractivity contribution in [2.45, 2.75) is 32.2 Å². The summed E-state index contributed by atoms with van der Waals surface area (Å²) in [7, 11) is 0. The first-order chi connectivity index (χ1) is 10.0. The Morgan fingerprint density at radius 2 is 2.14 bits per heavy atom. The highest BCUT2D eigenvalue weighted by atomic mass is 32.2. The van der Waals surface area contributed by atoms with Crippen molar-refractivity contribution in [1.82, 2.24) is 10.3 Å². The normalized spacial score (nSPS) is 11.3. The molecule has 1 aromatic heterocycles. The molecule has 2 rings (SSSR count). The van der Waals surface area contributed by atoms with E-state index in [-0.39, 0.29) is 5.82 Å². The van der Waals surface area contributed by atoms with E-state index in [9.17, 15) is 4.39 Å². The fourth-order valence-corrected chi connectivity index (χ4v) is 3.83. The van der Waals surface area contributed by atoms with Crippen LogP contribution >= 0.6 is 23.1 Å². The monoisotopic (exact) mass is 324 g/mol. The largest absolute Gasteiger partial charge is 0.312 e. The Kier molecular flexibility index (Phi) is 5.79. The highest BCUT2D eigenvalue weighted by molar-refractivity contribution is 7.98. The van der Waals surface area contributed by atoms with Crippen LogP contribution in [0.25, 0.3) is 10.6 Å². The Morgan fingerprint density at radius 1 is 1.38 bits per heavy atom. The summed E-state index contributed by atoms with van der Waals surface area (Å²) in [4.78, 5) is 6.69. The van der Waals surface area contributed by atoms with Crippen molar-refractivity contribution in [1.29, 1.82) is 0 Å². The van der Waals surface area contributed by atoms with Gasteiger partial charge in [-0.1, -0.05) is 19.9 Å². The maximum atomic E-state index is 14.2. The topological polar surface area (TPSA) is 24.9 Å². The third-order valence-electron chi connectivity index (χ3n) is 3.14. The van der Waals surface area contributed by atoms with Gasteiger partial charge in [-0.25, -0.2) is 9.37 Å². The predicted molar refractivity (Wildman–Crippen MR) is 90.6 cm³/mol. The molecule has 1 N–H and O–H groups in total. The van der Waals surface area contributed by atoms with Crippen molar-refractivity contribution < 1.29 is 4.39 Å². The summed E-state index contributed by atoms with van der Waals surface area (Å²) in [6, 6.07) is 5.19. The van der Waals surface area contributed by atoms with Crippen LogP contribution in [0.1, 0.15) is 24.4 Å².